The van der Waals surface area contributed by atoms with Gasteiger partial charge in [-0.25, -0.2) is 0 Å². The van der Waals surface area contributed by atoms with Crippen LogP contribution in [-0.2, 0) is 9.59 Å². The molecule has 1 saturated carbocycles. The molecule has 2 aliphatic rings. The lowest BCUT2D eigenvalue weighted by Gasteiger charge is -2.31. The van der Waals surface area contributed by atoms with Crippen LogP contribution in [0.2, 0.25) is 0 Å². The summed E-state index contributed by atoms with van der Waals surface area (Å²) in [7, 11) is 1.63. The van der Waals surface area contributed by atoms with Crippen molar-refractivity contribution in [3.63, 3.8) is 0 Å². The van der Waals surface area contributed by atoms with Gasteiger partial charge < -0.3 is 10.2 Å². The molecule has 1 aromatic carbocycles. The fourth-order valence-electron chi connectivity index (χ4n) is 4.12. The van der Waals surface area contributed by atoms with E-state index in [4.69, 9.17) is 0 Å². The standard InChI is InChI=1S/C19H25BrN2O2/c1-21-18(23)11-16-17(13-7-9-14(20)10-8-13)12-22(19(16)24)15-5-3-2-4-6-15/h7-10,15-17H,2-6,11-12H2,1H3,(H,21,23)/t16-,17-/m1/s1. The summed E-state index contributed by atoms with van der Waals surface area (Å²) in [5.41, 5.74) is 1.15. The summed E-state index contributed by atoms with van der Waals surface area (Å²) in [6.07, 6.45) is 6.17. The molecule has 1 saturated heterocycles. The molecule has 130 valence electrons. The number of nitrogens with one attached hydrogen (secondary N) is 1. The lowest BCUT2D eigenvalue weighted by Crippen LogP contribution is -2.39. The third-order valence-electron chi connectivity index (χ3n) is 5.48. The Labute approximate surface area is 152 Å². The van der Waals surface area contributed by atoms with E-state index in [-0.39, 0.29) is 30.1 Å². The first-order valence-corrected chi connectivity index (χ1v) is 9.66. The van der Waals surface area contributed by atoms with Crippen LogP contribution in [0.3, 0.4) is 0 Å². The van der Waals surface area contributed by atoms with Crippen molar-refractivity contribution < 1.29 is 9.59 Å². The molecule has 0 unspecified atom stereocenters. The molecular formula is C19H25BrN2O2. The van der Waals surface area contributed by atoms with Crippen molar-refractivity contribution in [3.8, 4) is 0 Å². The van der Waals surface area contributed by atoms with E-state index in [2.05, 4.69) is 38.3 Å². The minimum absolute atomic E-state index is 0.0547. The second kappa shape index (κ2) is 7.68. The molecule has 2 amide bonds. The van der Waals surface area contributed by atoms with E-state index in [9.17, 15) is 9.59 Å². The van der Waals surface area contributed by atoms with E-state index in [1.54, 1.807) is 7.05 Å². The van der Waals surface area contributed by atoms with Gasteiger partial charge in [-0.2, -0.15) is 0 Å². The predicted octanol–water partition coefficient (Wildman–Crippen LogP) is 3.46. The van der Waals surface area contributed by atoms with Crippen molar-refractivity contribution in [1.29, 1.82) is 0 Å². The summed E-state index contributed by atoms with van der Waals surface area (Å²) in [6.45, 7) is 0.743. The molecule has 0 radical (unpaired) electrons. The van der Waals surface area contributed by atoms with Gasteiger partial charge in [0, 0.05) is 36.4 Å². The van der Waals surface area contributed by atoms with Crippen LogP contribution < -0.4 is 5.32 Å². The van der Waals surface area contributed by atoms with Crippen LogP contribution in [-0.4, -0.2) is 36.3 Å². The van der Waals surface area contributed by atoms with Crippen LogP contribution in [0.4, 0.5) is 0 Å². The van der Waals surface area contributed by atoms with E-state index in [0.29, 0.717) is 6.04 Å². The minimum atomic E-state index is -0.243. The summed E-state index contributed by atoms with van der Waals surface area (Å²) in [5.74, 6) is -0.0303. The normalized spacial score (nSPS) is 25.1. The molecule has 2 atom stereocenters. The maximum absolute atomic E-state index is 13.0. The fraction of sp³-hybridized carbons (Fsp3) is 0.579. The highest BCUT2D eigenvalue weighted by Crippen LogP contribution is 2.39. The van der Waals surface area contributed by atoms with Gasteiger partial charge in [0.2, 0.25) is 11.8 Å². The number of hydrogen-bond donors (Lipinski definition) is 1. The highest BCUT2D eigenvalue weighted by atomic mass is 79.9. The molecule has 1 aromatic rings. The van der Waals surface area contributed by atoms with Crippen molar-refractivity contribution in [1.82, 2.24) is 10.2 Å². The Bertz CT molecular complexity index is 596. The molecule has 4 nitrogen and oxygen atoms in total. The zero-order valence-corrected chi connectivity index (χ0v) is 15.7. The lowest BCUT2D eigenvalue weighted by molar-refractivity contribution is -0.136. The smallest absolute Gasteiger partial charge is 0.227 e. The van der Waals surface area contributed by atoms with Gasteiger partial charge in [0.05, 0.1) is 5.92 Å². The largest absolute Gasteiger partial charge is 0.359 e. The van der Waals surface area contributed by atoms with Gasteiger partial charge in [0.25, 0.3) is 0 Å². The maximum Gasteiger partial charge on any atom is 0.227 e. The van der Waals surface area contributed by atoms with Gasteiger partial charge in [0.15, 0.2) is 0 Å². The Morgan fingerprint density at radius 3 is 2.50 bits per heavy atom. The van der Waals surface area contributed by atoms with Crippen molar-refractivity contribution in [3.05, 3.63) is 34.3 Å². The van der Waals surface area contributed by atoms with E-state index in [0.717, 1.165) is 29.4 Å². The Balaban J connectivity index is 1.84. The highest BCUT2D eigenvalue weighted by molar-refractivity contribution is 9.10. The van der Waals surface area contributed by atoms with Gasteiger partial charge in [-0.05, 0) is 30.5 Å². The van der Waals surface area contributed by atoms with Crippen molar-refractivity contribution in [2.45, 2.75) is 50.5 Å². The van der Waals surface area contributed by atoms with Crippen LogP contribution >= 0.6 is 15.9 Å². The topological polar surface area (TPSA) is 49.4 Å². The third kappa shape index (κ3) is 3.66. The van der Waals surface area contributed by atoms with E-state index in [1.807, 2.05) is 12.1 Å². The molecule has 24 heavy (non-hydrogen) atoms. The second-order valence-corrected chi connectivity index (χ2v) is 7.84. The first kappa shape index (κ1) is 17.5. The zero-order valence-electron chi connectivity index (χ0n) is 14.1. The molecular weight excluding hydrogens is 368 g/mol. The SMILES string of the molecule is CNC(=O)C[C@H]1C(=O)N(C2CCCCC2)C[C@@H]1c1ccc(Br)cc1. The number of halogens is 1. The zero-order chi connectivity index (χ0) is 17.1. The summed E-state index contributed by atoms with van der Waals surface area (Å²) >= 11 is 3.47. The summed E-state index contributed by atoms with van der Waals surface area (Å²) in [6, 6.07) is 8.53. The van der Waals surface area contributed by atoms with Crippen LogP contribution in [0.5, 0.6) is 0 Å². The van der Waals surface area contributed by atoms with Gasteiger partial charge in [-0.1, -0.05) is 47.3 Å². The Kier molecular flexibility index (Phi) is 5.59. The number of rotatable bonds is 4. The van der Waals surface area contributed by atoms with Gasteiger partial charge in [-0.15, -0.1) is 0 Å². The quantitative estimate of drug-likeness (QED) is 0.852. The molecule has 1 aliphatic carbocycles. The molecule has 3 rings (SSSR count). The van der Waals surface area contributed by atoms with E-state index < -0.39 is 0 Å². The van der Waals surface area contributed by atoms with Gasteiger partial charge >= 0.3 is 0 Å². The molecule has 0 aromatic heterocycles. The second-order valence-electron chi connectivity index (χ2n) is 6.92. The first-order valence-electron chi connectivity index (χ1n) is 8.86. The van der Waals surface area contributed by atoms with Crippen LogP contribution in [0.1, 0.15) is 50.0 Å². The van der Waals surface area contributed by atoms with Crippen LogP contribution in [0.25, 0.3) is 0 Å². The summed E-state index contributed by atoms with van der Waals surface area (Å²) in [5, 5.41) is 2.67. The molecule has 0 bridgehead atoms. The maximum atomic E-state index is 13.0. The number of carbonyl (C=O) groups is 2. The van der Waals surface area contributed by atoms with Crippen molar-refractivity contribution in [2.24, 2.45) is 5.92 Å². The molecule has 1 heterocycles. The summed E-state index contributed by atoms with van der Waals surface area (Å²) < 4.78 is 1.03. The predicted molar refractivity (Wildman–Crippen MR) is 97.6 cm³/mol. The van der Waals surface area contributed by atoms with Crippen LogP contribution in [0.15, 0.2) is 28.7 Å². The van der Waals surface area contributed by atoms with E-state index >= 15 is 0 Å². The number of benzene rings is 1. The van der Waals surface area contributed by atoms with Crippen molar-refractivity contribution >= 4 is 27.7 Å². The van der Waals surface area contributed by atoms with Gasteiger partial charge in [-0.3, -0.25) is 9.59 Å². The highest BCUT2D eigenvalue weighted by Gasteiger charge is 2.44. The van der Waals surface area contributed by atoms with Crippen LogP contribution in [0, 0.1) is 5.92 Å². The first-order chi connectivity index (χ1) is 11.6. The molecule has 0 spiro atoms. The molecule has 5 heteroatoms. The Morgan fingerprint density at radius 1 is 1.21 bits per heavy atom. The third-order valence-corrected chi connectivity index (χ3v) is 6.01. The fourth-order valence-corrected chi connectivity index (χ4v) is 4.38. The molecule has 2 fully saturated rings. The lowest BCUT2D eigenvalue weighted by atomic mass is 9.86. The van der Waals surface area contributed by atoms with Gasteiger partial charge in [0.1, 0.15) is 0 Å². The average Bonchev–Trinajstić information content (AvgIpc) is 2.93. The average molecular weight is 393 g/mol. The number of amides is 2. The minimum Gasteiger partial charge on any atom is -0.359 e. The van der Waals surface area contributed by atoms with E-state index in [1.165, 1.54) is 19.3 Å². The number of carbonyl (C=O) groups excluding carboxylic acids is 2. The Morgan fingerprint density at radius 2 is 1.88 bits per heavy atom. The molecule has 1 N–H and O–H groups in total. The van der Waals surface area contributed by atoms with Crippen molar-refractivity contribution in [2.75, 3.05) is 13.6 Å². The monoisotopic (exact) mass is 392 g/mol. The number of likely N-dealkylation sites (tertiary alicyclic amines) is 1. The number of nitrogens with zero attached hydrogens (tertiary/aromatic N) is 1. The summed E-state index contributed by atoms with van der Waals surface area (Å²) in [4.78, 5) is 27.1. The Hall–Kier alpha value is -1.36. The molecule has 1 aliphatic heterocycles. The number of hydrogen-bond acceptors (Lipinski definition) is 2.